The Bertz CT molecular complexity index is 1450. The minimum Gasteiger partial charge on any atom is -0.383 e. The molecule has 1 aromatic carbocycles. The van der Waals surface area contributed by atoms with Crippen LogP contribution in [-0.2, 0) is 23.0 Å². The van der Waals surface area contributed by atoms with Gasteiger partial charge < -0.3 is 9.64 Å². The van der Waals surface area contributed by atoms with Crippen LogP contribution in [0.5, 0.6) is 0 Å². The molecule has 5 rings (SSSR count). The number of nitrogens with zero attached hydrogens (tertiary/aromatic N) is 6. The van der Waals surface area contributed by atoms with Gasteiger partial charge in [0.1, 0.15) is 5.78 Å². The number of halogens is 2. The third-order valence-corrected chi connectivity index (χ3v) is 7.45. The second-order valence-corrected chi connectivity index (χ2v) is 10.2. The number of hydrogen-bond acceptors (Lipinski definition) is 6. The number of pyridine rings is 1. The van der Waals surface area contributed by atoms with Crippen molar-refractivity contribution in [2.45, 2.75) is 25.7 Å². The molecule has 3 aromatic heterocycles. The maximum atomic E-state index is 14.0. The summed E-state index contributed by atoms with van der Waals surface area (Å²) in [5, 5.41) is 9.16. The number of methoxy groups -OCH3 is 1. The molecule has 0 saturated carbocycles. The van der Waals surface area contributed by atoms with Gasteiger partial charge >= 0.3 is 0 Å². The van der Waals surface area contributed by atoms with E-state index < -0.39 is 11.8 Å². The number of aromatic nitrogens is 5. The molecule has 204 valence electrons. The van der Waals surface area contributed by atoms with Crippen molar-refractivity contribution in [2.24, 2.45) is 13.0 Å². The molecule has 8 nitrogen and oxygen atoms in total. The Morgan fingerprint density at radius 3 is 2.64 bits per heavy atom. The number of carbonyl (C=O) groups excluding carboxylic acids is 1. The Morgan fingerprint density at radius 1 is 1.15 bits per heavy atom. The van der Waals surface area contributed by atoms with Gasteiger partial charge in [0.25, 0.3) is 0 Å². The van der Waals surface area contributed by atoms with E-state index in [1.165, 1.54) is 12.3 Å². The number of benzene rings is 1. The lowest BCUT2D eigenvalue weighted by Gasteiger charge is -2.18. The highest BCUT2D eigenvalue weighted by Crippen LogP contribution is 2.36. The van der Waals surface area contributed by atoms with Crippen molar-refractivity contribution in [3.05, 3.63) is 83.6 Å². The Kier molecular flexibility index (Phi) is 7.94. The van der Waals surface area contributed by atoms with Crippen molar-refractivity contribution >= 4 is 5.78 Å². The fourth-order valence-corrected chi connectivity index (χ4v) is 5.48. The van der Waals surface area contributed by atoms with Crippen molar-refractivity contribution in [3.63, 3.8) is 0 Å². The molecule has 4 heterocycles. The maximum absolute atomic E-state index is 14.0. The SMILES string of the molecule is COCCN1C[C@@H](CC(=O)Cc2c(C)c(-c3cnn(C)c3)nn2-c2ccccc2)[C@H](c2cnc(F)c(F)c2)C1. The lowest BCUT2D eigenvalue weighted by atomic mass is 9.85. The number of carbonyl (C=O) groups is 1. The molecule has 4 aromatic rings. The molecule has 1 aliphatic rings. The highest BCUT2D eigenvalue weighted by molar-refractivity contribution is 5.82. The van der Waals surface area contributed by atoms with Crippen molar-refractivity contribution < 1.29 is 18.3 Å². The summed E-state index contributed by atoms with van der Waals surface area (Å²) >= 11 is 0. The van der Waals surface area contributed by atoms with Crippen molar-refractivity contribution in [1.82, 2.24) is 29.4 Å². The van der Waals surface area contributed by atoms with E-state index >= 15 is 0 Å². The van der Waals surface area contributed by atoms with Crippen LogP contribution in [0.3, 0.4) is 0 Å². The van der Waals surface area contributed by atoms with Gasteiger partial charge in [-0.3, -0.25) is 9.48 Å². The number of rotatable bonds is 10. The van der Waals surface area contributed by atoms with Crippen molar-refractivity contribution in [3.8, 4) is 16.9 Å². The summed E-state index contributed by atoms with van der Waals surface area (Å²) in [5.74, 6) is -2.23. The smallest absolute Gasteiger partial charge is 0.248 e. The fraction of sp³-hybridized carbons (Fsp3) is 0.379. The van der Waals surface area contributed by atoms with Crippen LogP contribution >= 0.6 is 0 Å². The van der Waals surface area contributed by atoms with E-state index in [0.717, 1.165) is 28.2 Å². The first-order valence-corrected chi connectivity index (χ1v) is 13.0. The number of likely N-dealkylation sites (tertiary alicyclic amines) is 1. The van der Waals surface area contributed by atoms with E-state index in [4.69, 9.17) is 9.84 Å². The predicted molar refractivity (Wildman–Crippen MR) is 143 cm³/mol. The van der Waals surface area contributed by atoms with Gasteiger partial charge in [-0.2, -0.15) is 14.6 Å². The monoisotopic (exact) mass is 534 g/mol. The summed E-state index contributed by atoms with van der Waals surface area (Å²) in [7, 11) is 3.50. The first kappa shape index (κ1) is 26.8. The molecule has 10 heteroatoms. The zero-order valence-corrected chi connectivity index (χ0v) is 22.3. The quantitative estimate of drug-likeness (QED) is 0.285. The molecule has 1 saturated heterocycles. The summed E-state index contributed by atoms with van der Waals surface area (Å²) in [6, 6.07) is 11.0. The van der Waals surface area contributed by atoms with Gasteiger partial charge in [-0.15, -0.1) is 0 Å². The number of aryl methyl sites for hydroxylation is 1. The predicted octanol–water partition coefficient (Wildman–Crippen LogP) is 4.12. The van der Waals surface area contributed by atoms with Crippen LogP contribution in [0, 0.1) is 24.6 Å². The first-order valence-electron chi connectivity index (χ1n) is 13.0. The highest BCUT2D eigenvalue weighted by atomic mass is 19.2. The minimum atomic E-state index is -1.12. The van der Waals surface area contributed by atoms with E-state index in [1.807, 2.05) is 55.2 Å². The number of para-hydroxylation sites is 1. The molecule has 1 aliphatic heterocycles. The Morgan fingerprint density at radius 2 is 1.95 bits per heavy atom. The zero-order chi connectivity index (χ0) is 27.5. The first-order chi connectivity index (χ1) is 18.8. The lowest BCUT2D eigenvalue weighted by molar-refractivity contribution is -0.119. The molecular weight excluding hydrogens is 502 g/mol. The van der Waals surface area contributed by atoms with Gasteiger partial charge in [0.2, 0.25) is 5.95 Å². The van der Waals surface area contributed by atoms with Gasteiger partial charge in [0, 0.05) is 70.5 Å². The standard InChI is InChI=1S/C29H32F2N6O2/c1-19-27(37(23-7-5-4-6-8-23)34-28(19)22-15-33-35(2)16-22)13-24(38)11-21-17-36(9-10-39-3)18-25(21)20-12-26(30)29(31)32-14-20/h4-8,12,14-16,21,25H,9-11,13,17-18H2,1-3H3/t21-,25+/m1/s1. The molecule has 0 amide bonds. The Labute approximate surface area is 226 Å². The van der Waals surface area contributed by atoms with Crippen LogP contribution in [0.15, 0.2) is 55.0 Å². The van der Waals surface area contributed by atoms with Crippen LogP contribution in [0.4, 0.5) is 8.78 Å². The third-order valence-electron chi connectivity index (χ3n) is 7.45. The Balaban J connectivity index is 1.42. The molecule has 0 spiro atoms. The number of ketones is 1. The van der Waals surface area contributed by atoms with Crippen molar-refractivity contribution in [2.75, 3.05) is 33.4 Å². The fourth-order valence-electron chi connectivity index (χ4n) is 5.48. The van der Waals surface area contributed by atoms with Gasteiger partial charge in [0.15, 0.2) is 5.82 Å². The summed E-state index contributed by atoms with van der Waals surface area (Å²) in [4.78, 5) is 19.4. The minimum absolute atomic E-state index is 0.0621. The summed E-state index contributed by atoms with van der Waals surface area (Å²) in [6.07, 6.45) is 5.56. The van der Waals surface area contributed by atoms with Gasteiger partial charge in [-0.1, -0.05) is 18.2 Å². The molecular formula is C29H32F2N6O2. The van der Waals surface area contributed by atoms with Crippen LogP contribution in [0.2, 0.25) is 0 Å². The molecule has 0 radical (unpaired) electrons. The lowest BCUT2D eigenvalue weighted by Crippen LogP contribution is -2.25. The third kappa shape index (κ3) is 5.81. The van der Waals surface area contributed by atoms with E-state index in [2.05, 4.69) is 15.0 Å². The van der Waals surface area contributed by atoms with Crippen LogP contribution in [0.25, 0.3) is 16.9 Å². The second-order valence-electron chi connectivity index (χ2n) is 10.2. The van der Waals surface area contributed by atoms with Crippen molar-refractivity contribution in [1.29, 1.82) is 0 Å². The van der Waals surface area contributed by atoms with Crippen LogP contribution in [-0.4, -0.2) is 68.6 Å². The van der Waals surface area contributed by atoms with Gasteiger partial charge in [0.05, 0.1) is 29.9 Å². The summed E-state index contributed by atoms with van der Waals surface area (Å²) in [5.41, 5.74) is 4.90. The van der Waals surface area contributed by atoms with Crippen LogP contribution < -0.4 is 0 Å². The average Bonchev–Trinajstić information content (AvgIpc) is 3.62. The van der Waals surface area contributed by atoms with E-state index in [1.54, 1.807) is 18.0 Å². The van der Waals surface area contributed by atoms with E-state index in [0.29, 0.717) is 38.2 Å². The summed E-state index contributed by atoms with van der Waals surface area (Å²) < 4.78 is 36.4. The summed E-state index contributed by atoms with van der Waals surface area (Å²) in [6.45, 7) is 4.52. The molecule has 1 fully saturated rings. The zero-order valence-electron chi connectivity index (χ0n) is 22.3. The molecule has 0 N–H and O–H groups in total. The largest absolute Gasteiger partial charge is 0.383 e. The van der Waals surface area contributed by atoms with E-state index in [-0.39, 0.29) is 24.0 Å². The average molecular weight is 535 g/mol. The molecule has 0 unspecified atom stereocenters. The molecule has 0 bridgehead atoms. The number of Topliss-reactive ketones (excluding diaryl/α,β-unsaturated/α-hetero) is 1. The maximum Gasteiger partial charge on any atom is 0.248 e. The van der Waals surface area contributed by atoms with E-state index in [9.17, 15) is 13.6 Å². The topological polar surface area (TPSA) is 78.1 Å². The second kappa shape index (κ2) is 11.5. The van der Waals surface area contributed by atoms with Crippen LogP contribution in [0.1, 0.15) is 29.2 Å². The highest BCUT2D eigenvalue weighted by Gasteiger charge is 2.36. The van der Waals surface area contributed by atoms with Gasteiger partial charge in [-0.05, 0) is 42.2 Å². The molecule has 39 heavy (non-hydrogen) atoms. The number of ether oxygens (including phenoxy) is 1. The number of hydrogen-bond donors (Lipinski definition) is 0. The molecule has 2 atom stereocenters. The van der Waals surface area contributed by atoms with Gasteiger partial charge in [-0.25, -0.2) is 14.1 Å². The normalized spacial score (nSPS) is 17.7. The Hall–Kier alpha value is -3.76. The molecule has 0 aliphatic carbocycles.